The van der Waals surface area contributed by atoms with Crippen LogP contribution in [0.1, 0.15) is 5.56 Å². The Kier molecular flexibility index (Phi) is 3.24. The molecular formula is C9H10NO3S. The van der Waals surface area contributed by atoms with E-state index in [0.29, 0.717) is 4.31 Å². The number of carbonyl (C=O) groups excluding carboxylic acids is 1. The van der Waals surface area contributed by atoms with Crippen LogP contribution in [0, 0.1) is 0 Å². The van der Waals surface area contributed by atoms with Crippen LogP contribution in [0.4, 0.5) is 0 Å². The molecule has 75 valence electrons. The number of hydrogen-bond acceptors (Lipinski definition) is 3. The van der Waals surface area contributed by atoms with Crippen LogP contribution in [0.15, 0.2) is 30.3 Å². The monoisotopic (exact) mass is 212 g/mol. The van der Waals surface area contributed by atoms with Gasteiger partial charge in [-0.15, -0.1) is 0 Å². The van der Waals surface area contributed by atoms with Crippen molar-refractivity contribution in [3.05, 3.63) is 35.9 Å². The lowest BCUT2D eigenvalue weighted by Gasteiger charge is -2.12. The third-order valence-corrected chi connectivity index (χ3v) is 2.68. The summed E-state index contributed by atoms with van der Waals surface area (Å²) < 4.78 is 22.7. The lowest BCUT2D eigenvalue weighted by Crippen LogP contribution is -2.27. The van der Waals surface area contributed by atoms with Gasteiger partial charge >= 0.3 is 6.41 Å². The van der Waals surface area contributed by atoms with Gasteiger partial charge in [0.05, 0.1) is 12.8 Å². The maximum Gasteiger partial charge on any atom is 0.326 e. The molecule has 0 N–H and O–H groups in total. The number of nitrogens with zero attached hydrogens (tertiary/aromatic N) is 1. The Hall–Kier alpha value is -1.36. The van der Waals surface area contributed by atoms with E-state index in [1.54, 1.807) is 24.3 Å². The van der Waals surface area contributed by atoms with Crippen molar-refractivity contribution in [2.45, 2.75) is 6.54 Å². The summed E-state index contributed by atoms with van der Waals surface area (Å²) in [7, 11) is -3.50. The van der Waals surface area contributed by atoms with E-state index in [2.05, 4.69) is 0 Å². The minimum Gasteiger partial charge on any atom is -0.262 e. The Balaban J connectivity index is 2.82. The van der Waals surface area contributed by atoms with Crippen molar-refractivity contribution in [3.63, 3.8) is 0 Å². The molecule has 0 unspecified atom stereocenters. The summed E-state index contributed by atoms with van der Waals surface area (Å²) >= 11 is 0. The molecule has 1 rings (SSSR count). The molecule has 4 nitrogen and oxygen atoms in total. The number of benzene rings is 1. The molecule has 1 amide bonds. The van der Waals surface area contributed by atoms with Gasteiger partial charge in [-0.05, 0) is 5.56 Å². The van der Waals surface area contributed by atoms with Crippen molar-refractivity contribution in [2.75, 3.05) is 6.26 Å². The molecule has 5 heteroatoms. The van der Waals surface area contributed by atoms with Crippen LogP contribution in [0.5, 0.6) is 0 Å². The SMILES string of the molecule is CS(=O)(=O)N([C]=O)Cc1ccccc1. The Morgan fingerprint density at radius 1 is 1.29 bits per heavy atom. The van der Waals surface area contributed by atoms with Gasteiger partial charge in [0.2, 0.25) is 10.0 Å². The summed E-state index contributed by atoms with van der Waals surface area (Å²) in [5, 5.41) is 0. The third-order valence-electron chi connectivity index (χ3n) is 1.67. The fraction of sp³-hybridized carbons (Fsp3) is 0.222. The van der Waals surface area contributed by atoms with Gasteiger partial charge in [0, 0.05) is 0 Å². The molecule has 0 atom stereocenters. The summed E-state index contributed by atoms with van der Waals surface area (Å²) in [6.07, 6.45) is 2.36. The van der Waals surface area contributed by atoms with Gasteiger partial charge in [-0.3, -0.25) is 4.79 Å². The van der Waals surface area contributed by atoms with E-state index in [0.717, 1.165) is 11.8 Å². The molecular weight excluding hydrogens is 202 g/mol. The number of sulfonamides is 1. The predicted molar refractivity (Wildman–Crippen MR) is 52.5 cm³/mol. The standard InChI is InChI=1S/C9H10NO3S/c1-14(12,13)10(8-11)7-9-5-3-2-4-6-9/h2-6H,7H2,1H3. The molecule has 0 saturated heterocycles. The van der Waals surface area contributed by atoms with Crippen LogP contribution in [0.3, 0.4) is 0 Å². The van der Waals surface area contributed by atoms with Crippen LogP contribution < -0.4 is 0 Å². The van der Waals surface area contributed by atoms with Gasteiger partial charge in [-0.2, -0.15) is 0 Å². The first kappa shape index (κ1) is 10.7. The highest BCUT2D eigenvalue weighted by Crippen LogP contribution is 2.05. The molecule has 0 spiro atoms. The lowest BCUT2D eigenvalue weighted by atomic mass is 10.2. The first-order chi connectivity index (χ1) is 6.54. The zero-order chi connectivity index (χ0) is 10.6. The van der Waals surface area contributed by atoms with Crippen LogP contribution in [-0.2, 0) is 21.4 Å². The van der Waals surface area contributed by atoms with E-state index < -0.39 is 10.0 Å². The summed E-state index contributed by atoms with van der Waals surface area (Å²) in [5.74, 6) is 0. The van der Waals surface area contributed by atoms with Gasteiger partial charge in [0.25, 0.3) is 0 Å². The quantitative estimate of drug-likeness (QED) is 0.683. The minimum absolute atomic E-state index is 0.0309. The van der Waals surface area contributed by atoms with E-state index in [1.807, 2.05) is 6.07 Å². The molecule has 0 aliphatic heterocycles. The number of hydrogen-bond donors (Lipinski definition) is 0. The van der Waals surface area contributed by atoms with Crippen molar-refractivity contribution in [1.29, 1.82) is 0 Å². The van der Waals surface area contributed by atoms with E-state index in [-0.39, 0.29) is 6.54 Å². The van der Waals surface area contributed by atoms with Crippen molar-refractivity contribution in [3.8, 4) is 0 Å². The summed E-state index contributed by atoms with van der Waals surface area (Å²) in [4.78, 5) is 10.4. The Morgan fingerprint density at radius 3 is 2.29 bits per heavy atom. The average Bonchev–Trinajstić information content (AvgIpc) is 2.14. The average molecular weight is 212 g/mol. The fourth-order valence-corrected chi connectivity index (χ4v) is 1.49. The molecule has 0 fully saturated rings. The van der Waals surface area contributed by atoms with Gasteiger partial charge in [0.1, 0.15) is 0 Å². The lowest BCUT2D eigenvalue weighted by molar-refractivity contribution is 0.470. The Bertz CT molecular complexity index is 399. The topological polar surface area (TPSA) is 54.5 Å². The second-order valence-electron chi connectivity index (χ2n) is 2.85. The molecule has 0 bridgehead atoms. The van der Waals surface area contributed by atoms with Gasteiger partial charge in [-0.1, -0.05) is 30.3 Å². The molecule has 0 heterocycles. The first-order valence-corrected chi connectivity index (χ1v) is 5.78. The number of amides is 1. The second kappa shape index (κ2) is 4.23. The summed E-state index contributed by atoms with van der Waals surface area (Å²) in [6.45, 7) is 0.0309. The maximum atomic E-state index is 11.0. The predicted octanol–water partition coefficient (Wildman–Crippen LogP) is 0.515. The molecule has 1 aromatic carbocycles. The van der Waals surface area contributed by atoms with E-state index in [1.165, 1.54) is 6.41 Å². The number of rotatable bonds is 4. The highest BCUT2D eigenvalue weighted by molar-refractivity contribution is 7.88. The normalized spacial score (nSPS) is 10.9. The van der Waals surface area contributed by atoms with Gasteiger partial charge in [0.15, 0.2) is 0 Å². The first-order valence-electron chi connectivity index (χ1n) is 3.93. The van der Waals surface area contributed by atoms with Crippen molar-refractivity contribution in [1.82, 2.24) is 4.31 Å². The maximum absolute atomic E-state index is 11.0. The molecule has 1 aromatic rings. The van der Waals surface area contributed by atoms with E-state index in [9.17, 15) is 13.2 Å². The zero-order valence-electron chi connectivity index (χ0n) is 7.67. The van der Waals surface area contributed by atoms with Crippen LogP contribution in [0.25, 0.3) is 0 Å². The summed E-state index contributed by atoms with van der Waals surface area (Å²) in [6, 6.07) is 8.87. The molecule has 0 aromatic heterocycles. The van der Waals surface area contributed by atoms with Crippen LogP contribution in [0.2, 0.25) is 0 Å². The zero-order valence-corrected chi connectivity index (χ0v) is 8.49. The van der Waals surface area contributed by atoms with Crippen molar-refractivity contribution >= 4 is 16.4 Å². The van der Waals surface area contributed by atoms with Crippen molar-refractivity contribution < 1.29 is 13.2 Å². The molecule has 0 saturated carbocycles. The smallest absolute Gasteiger partial charge is 0.262 e. The fourth-order valence-electron chi connectivity index (χ4n) is 0.966. The highest BCUT2D eigenvalue weighted by atomic mass is 32.2. The van der Waals surface area contributed by atoms with Crippen LogP contribution in [-0.4, -0.2) is 25.4 Å². The largest absolute Gasteiger partial charge is 0.326 e. The van der Waals surface area contributed by atoms with Gasteiger partial charge in [-0.25, -0.2) is 12.7 Å². The van der Waals surface area contributed by atoms with E-state index >= 15 is 0 Å². The Labute approximate surface area is 83.2 Å². The van der Waals surface area contributed by atoms with Crippen molar-refractivity contribution in [2.24, 2.45) is 0 Å². The van der Waals surface area contributed by atoms with E-state index in [4.69, 9.17) is 0 Å². The minimum atomic E-state index is -3.50. The third kappa shape index (κ3) is 2.85. The summed E-state index contributed by atoms with van der Waals surface area (Å²) in [5.41, 5.74) is 0.751. The molecule has 1 radical (unpaired) electrons. The molecule has 0 aliphatic carbocycles. The second-order valence-corrected chi connectivity index (χ2v) is 4.75. The van der Waals surface area contributed by atoms with Gasteiger partial charge < -0.3 is 0 Å². The highest BCUT2D eigenvalue weighted by Gasteiger charge is 2.14. The van der Waals surface area contributed by atoms with Crippen LogP contribution >= 0.6 is 0 Å². The molecule has 14 heavy (non-hydrogen) atoms. The Morgan fingerprint density at radius 2 is 1.86 bits per heavy atom. The molecule has 0 aliphatic rings.